The fourth-order valence-electron chi connectivity index (χ4n) is 3.24. The van der Waals surface area contributed by atoms with Crippen LogP contribution in [0.3, 0.4) is 0 Å². The molecule has 120 valence electrons. The van der Waals surface area contributed by atoms with Crippen LogP contribution in [-0.2, 0) is 22.4 Å². The highest BCUT2D eigenvalue weighted by Gasteiger charge is 2.30. The summed E-state index contributed by atoms with van der Waals surface area (Å²) in [5.41, 5.74) is 4.41. The van der Waals surface area contributed by atoms with E-state index in [9.17, 15) is 14.7 Å². The number of aliphatic carboxylic acids is 2. The molecule has 22 heavy (non-hydrogen) atoms. The number of carboxylic acid groups (broad SMARTS) is 2. The SMILES string of the molecule is Cc1cc(OCC(=O)O)c(C)c2c1CCC(C(C)C(=O)O)C2. The molecule has 1 aliphatic rings. The monoisotopic (exact) mass is 306 g/mol. The van der Waals surface area contributed by atoms with Crippen molar-refractivity contribution in [2.24, 2.45) is 11.8 Å². The van der Waals surface area contributed by atoms with Crippen molar-refractivity contribution in [2.75, 3.05) is 6.61 Å². The summed E-state index contributed by atoms with van der Waals surface area (Å²) in [5.74, 6) is -1.45. The van der Waals surface area contributed by atoms with Crippen molar-refractivity contribution in [3.05, 3.63) is 28.3 Å². The van der Waals surface area contributed by atoms with E-state index in [0.29, 0.717) is 12.2 Å². The van der Waals surface area contributed by atoms with E-state index in [-0.39, 0.29) is 18.4 Å². The lowest BCUT2D eigenvalue weighted by Gasteiger charge is -2.30. The van der Waals surface area contributed by atoms with Crippen molar-refractivity contribution in [3.8, 4) is 5.75 Å². The predicted molar refractivity (Wildman–Crippen MR) is 81.4 cm³/mol. The summed E-state index contributed by atoms with van der Waals surface area (Å²) in [4.78, 5) is 21.9. The maximum atomic E-state index is 11.2. The molecule has 0 spiro atoms. The largest absolute Gasteiger partial charge is 0.482 e. The molecular weight excluding hydrogens is 284 g/mol. The third kappa shape index (κ3) is 3.24. The molecule has 0 amide bonds. The Bertz CT molecular complexity index is 606. The lowest BCUT2D eigenvalue weighted by atomic mass is 9.75. The number of fused-ring (bicyclic) bond motifs is 1. The second-order valence-electron chi connectivity index (χ2n) is 6.09. The first-order valence-electron chi connectivity index (χ1n) is 7.50. The molecule has 0 radical (unpaired) electrons. The van der Waals surface area contributed by atoms with Crippen molar-refractivity contribution < 1.29 is 24.5 Å². The highest BCUT2D eigenvalue weighted by molar-refractivity contribution is 5.70. The average molecular weight is 306 g/mol. The minimum atomic E-state index is -1.01. The van der Waals surface area contributed by atoms with E-state index in [4.69, 9.17) is 9.84 Å². The smallest absolute Gasteiger partial charge is 0.341 e. The second kappa shape index (κ2) is 6.38. The molecule has 2 atom stereocenters. The predicted octanol–water partition coefficient (Wildman–Crippen LogP) is 2.59. The molecule has 1 aromatic rings. The molecule has 0 heterocycles. The lowest BCUT2D eigenvalue weighted by Crippen LogP contribution is -2.27. The molecule has 5 heteroatoms. The number of rotatable bonds is 5. The van der Waals surface area contributed by atoms with E-state index in [0.717, 1.165) is 29.5 Å². The fraction of sp³-hybridized carbons (Fsp3) is 0.529. The molecule has 2 unspecified atom stereocenters. The molecule has 0 aromatic heterocycles. The topological polar surface area (TPSA) is 83.8 Å². The van der Waals surface area contributed by atoms with E-state index in [1.54, 1.807) is 6.92 Å². The van der Waals surface area contributed by atoms with Crippen LogP contribution in [0.15, 0.2) is 6.07 Å². The summed E-state index contributed by atoms with van der Waals surface area (Å²) in [6.07, 6.45) is 2.44. The van der Waals surface area contributed by atoms with Gasteiger partial charge in [0.25, 0.3) is 0 Å². The summed E-state index contributed by atoms with van der Waals surface area (Å²) < 4.78 is 5.37. The lowest BCUT2D eigenvalue weighted by molar-refractivity contribution is -0.143. The second-order valence-corrected chi connectivity index (χ2v) is 6.09. The molecule has 0 bridgehead atoms. The summed E-state index contributed by atoms with van der Waals surface area (Å²) in [6.45, 7) is 5.30. The summed E-state index contributed by atoms with van der Waals surface area (Å²) in [7, 11) is 0. The number of ether oxygens (including phenoxy) is 1. The van der Waals surface area contributed by atoms with Crippen molar-refractivity contribution in [3.63, 3.8) is 0 Å². The summed E-state index contributed by atoms with van der Waals surface area (Å²) >= 11 is 0. The van der Waals surface area contributed by atoms with Gasteiger partial charge in [-0.25, -0.2) is 4.79 Å². The minimum absolute atomic E-state index is 0.109. The van der Waals surface area contributed by atoms with E-state index in [1.165, 1.54) is 5.56 Å². The van der Waals surface area contributed by atoms with Crippen LogP contribution in [0.5, 0.6) is 5.75 Å². The first-order valence-corrected chi connectivity index (χ1v) is 7.50. The summed E-state index contributed by atoms with van der Waals surface area (Å²) in [5, 5.41) is 18.0. The van der Waals surface area contributed by atoms with Gasteiger partial charge in [-0.15, -0.1) is 0 Å². The normalized spacial score (nSPS) is 18.4. The van der Waals surface area contributed by atoms with Gasteiger partial charge < -0.3 is 14.9 Å². The zero-order chi connectivity index (χ0) is 16.4. The van der Waals surface area contributed by atoms with Crippen molar-refractivity contribution in [1.82, 2.24) is 0 Å². The molecule has 0 saturated heterocycles. The van der Waals surface area contributed by atoms with Gasteiger partial charge in [-0.2, -0.15) is 0 Å². The Labute approximate surface area is 129 Å². The van der Waals surface area contributed by atoms with Crippen molar-refractivity contribution in [1.29, 1.82) is 0 Å². The van der Waals surface area contributed by atoms with Gasteiger partial charge >= 0.3 is 11.9 Å². The van der Waals surface area contributed by atoms with Gasteiger partial charge in [0.15, 0.2) is 6.61 Å². The highest BCUT2D eigenvalue weighted by Crippen LogP contribution is 2.37. The van der Waals surface area contributed by atoms with E-state index in [1.807, 2.05) is 19.9 Å². The van der Waals surface area contributed by atoms with Gasteiger partial charge in [-0.3, -0.25) is 4.79 Å². The van der Waals surface area contributed by atoms with Crippen LogP contribution < -0.4 is 4.74 Å². The number of benzene rings is 1. The standard InChI is InChI=1S/C17H22O5/c1-9-6-15(22-8-16(18)19)11(3)14-7-12(4-5-13(9)14)10(2)17(20)21/h6,10,12H,4-5,7-8H2,1-3H3,(H,18,19)(H,20,21). The van der Waals surface area contributed by atoms with Crippen LogP contribution in [0.4, 0.5) is 0 Å². The molecule has 2 N–H and O–H groups in total. The van der Waals surface area contributed by atoms with Gasteiger partial charge in [0.1, 0.15) is 5.75 Å². The Balaban J connectivity index is 2.32. The van der Waals surface area contributed by atoms with Gasteiger partial charge in [0, 0.05) is 0 Å². The molecule has 0 saturated carbocycles. The maximum absolute atomic E-state index is 11.2. The van der Waals surface area contributed by atoms with Gasteiger partial charge in [-0.1, -0.05) is 6.92 Å². The molecule has 0 fully saturated rings. The van der Waals surface area contributed by atoms with Crippen molar-refractivity contribution >= 4 is 11.9 Å². The molecule has 2 rings (SSSR count). The Morgan fingerprint density at radius 2 is 2.00 bits per heavy atom. The molecule has 1 aliphatic carbocycles. The number of aryl methyl sites for hydroxylation is 1. The molecule has 0 aliphatic heterocycles. The first-order chi connectivity index (χ1) is 10.3. The van der Waals surface area contributed by atoms with Crippen LogP contribution in [-0.4, -0.2) is 28.8 Å². The number of hydrogen-bond acceptors (Lipinski definition) is 3. The maximum Gasteiger partial charge on any atom is 0.341 e. The first kappa shape index (κ1) is 16.3. The molecule has 1 aromatic carbocycles. The Hall–Kier alpha value is -2.04. The quantitative estimate of drug-likeness (QED) is 0.873. The number of hydrogen-bond donors (Lipinski definition) is 2. The average Bonchev–Trinajstić information content (AvgIpc) is 2.48. The number of carboxylic acids is 2. The van der Waals surface area contributed by atoms with Gasteiger partial charge in [0.2, 0.25) is 0 Å². The van der Waals surface area contributed by atoms with Crippen LogP contribution >= 0.6 is 0 Å². The Kier molecular flexibility index (Phi) is 4.74. The fourth-order valence-corrected chi connectivity index (χ4v) is 3.24. The highest BCUT2D eigenvalue weighted by atomic mass is 16.5. The van der Waals surface area contributed by atoms with E-state index >= 15 is 0 Å². The van der Waals surface area contributed by atoms with Gasteiger partial charge in [-0.05, 0) is 67.3 Å². The van der Waals surface area contributed by atoms with E-state index in [2.05, 4.69) is 0 Å². The van der Waals surface area contributed by atoms with Crippen LogP contribution in [0.25, 0.3) is 0 Å². The zero-order valence-electron chi connectivity index (χ0n) is 13.2. The van der Waals surface area contributed by atoms with Gasteiger partial charge in [0.05, 0.1) is 5.92 Å². The van der Waals surface area contributed by atoms with Crippen LogP contribution in [0.1, 0.15) is 35.6 Å². The van der Waals surface area contributed by atoms with Crippen LogP contribution in [0.2, 0.25) is 0 Å². The zero-order valence-corrected chi connectivity index (χ0v) is 13.2. The molecule has 5 nitrogen and oxygen atoms in total. The molecular formula is C17H22O5. The third-order valence-corrected chi connectivity index (χ3v) is 4.69. The third-order valence-electron chi connectivity index (χ3n) is 4.69. The van der Waals surface area contributed by atoms with E-state index < -0.39 is 11.9 Å². The van der Waals surface area contributed by atoms with Crippen LogP contribution in [0, 0.1) is 25.7 Å². The minimum Gasteiger partial charge on any atom is -0.482 e. The van der Waals surface area contributed by atoms with Crippen molar-refractivity contribution in [2.45, 2.75) is 40.0 Å². The Morgan fingerprint density at radius 3 is 2.59 bits per heavy atom. The summed E-state index contributed by atoms with van der Waals surface area (Å²) in [6, 6.07) is 1.89. The number of carbonyl (C=O) groups is 2. The Morgan fingerprint density at radius 1 is 1.32 bits per heavy atom.